The molecule has 10 heteroatoms. The first kappa shape index (κ1) is 25.3. The van der Waals surface area contributed by atoms with Crippen molar-refractivity contribution in [2.75, 3.05) is 0 Å². The zero-order valence-corrected chi connectivity index (χ0v) is 17.4. The van der Waals surface area contributed by atoms with E-state index in [9.17, 15) is 24.3 Å². The van der Waals surface area contributed by atoms with Gasteiger partial charge in [0.1, 0.15) is 12.1 Å². The lowest BCUT2D eigenvalue weighted by Gasteiger charge is -2.25. The molecule has 0 fully saturated rings. The van der Waals surface area contributed by atoms with Crippen LogP contribution in [0.4, 0.5) is 0 Å². The fourth-order valence-electron chi connectivity index (χ4n) is 2.88. The average molecular weight is 424 g/mol. The number of hydrogen-bond acceptors (Lipinski definition) is 6. The Kier molecular flexibility index (Phi) is 10.2. The molecule has 9 N–H and O–H groups in total. The molecule has 0 spiro atoms. The lowest BCUT2D eigenvalue weighted by Crippen LogP contribution is -2.55. The van der Waals surface area contributed by atoms with Crippen molar-refractivity contribution in [3.05, 3.63) is 24.3 Å². The molecule has 0 aliphatic heterocycles. The monoisotopic (exact) mass is 423 g/mol. The highest BCUT2D eigenvalue weighted by atomic mass is 16.4. The number of rotatable bonds is 12. The summed E-state index contributed by atoms with van der Waals surface area (Å²) in [7, 11) is 0. The molecule has 0 heterocycles. The smallest absolute Gasteiger partial charge is 0.326 e. The first-order chi connectivity index (χ1) is 14.0. The van der Waals surface area contributed by atoms with Crippen molar-refractivity contribution in [3.8, 4) is 0 Å². The van der Waals surface area contributed by atoms with Crippen LogP contribution in [-0.4, -0.2) is 53.0 Å². The molecule has 0 bridgehead atoms. The van der Waals surface area contributed by atoms with Gasteiger partial charge in [-0.15, -0.1) is 0 Å². The van der Waals surface area contributed by atoms with Crippen molar-refractivity contribution < 1.29 is 24.3 Å². The fraction of sp³-hybridized carbons (Fsp3) is 0.600. The van der Waals surface area contributed by atoms with E-state index in [1.807, 2.05) is 24.3 Å². The summed E-state index contributed by atoms with van der Waals surface area (Å²) < 4.78 is 0. The first-order valence-corrected chi connectivity index (χ1v) is 10.0. The third kappa shape index (κ3) is 8.75. The van der Waals surface area contributed by atoms with Crippen LogP contribution in [0, 0.1) is 11.8 Å². The highest BCUT2D eigenvalue weighted by Crippen LogP contribution is 2.17. The van der Waals surface area contributed by atoms with Crippen molar-refractivity contribution in [2.45, 2.75) is 63.7 Å². The Bertz CT molecular complexity index is 677. The van der Waals surface area contributed by atoms with Crippen LogP contribution in [-0.2, 0) is 19.2 Å². The summed E-state index contributed by atoms with van der Waals surface area (Å²) in [5, 5.41) is 14.3. The number of allylic oxidation sites excluding steroid dienone is 2. The predicted molar refractivity (Wildman–Crippen MR) is 112 cm³/mol. The second kappa shape index (κ2) is 12.1. The molecule has 168 valence electrons. The molecule has 0 aromatic heterocycles. The SMILES string of the molecule is CC(C)C(N)C(=O)NC(CCC1C=CC(N)C=C1)C(=O)NC(CCC(N)=O)C(=O)O. The molecule has 30 heavy (non-hydrogen) atoms. The molecule has 3 atom stereocenters. The van der Waals surface area contributed by atoms with Gasteiger partial charge in [-0.3, -0.25) is 14.4 Å². The van der Waals surface area contributed by atoms with Crippen LogP contribution in [0.3, 0.4) is 0 Å². The zero-order valence-electron chi connectivity index (χ0n) is 17.4. The van der Waals surface area contributed by atoms with Crippen LogP contribution in [0.25, 0.3) is 0 Å². The number of carboxylic acid groups (broad SMARTS) is 1. The van der Waals surface area contributed by atoms with Gasteiger partial charge in [0.2, 0.25) is 17.7 Å². The topological polar surface area (TPSA) is 191 Å². The largest absolute Gasteiger partial charge is 0.480 e. The Morgan fingerprint density at radius 2 is 1.53 bits per heavy atom. The number of primary amides is 1. The normalized spacial score (nSPS) is 21.0. The molecular weight excluding hydrogens is 390 g/mol. The Morgan fingerprint density at radius 3 is 2.03 bits per heavy atom. The third-order valence-corrected chi connectivity index (χ3v) is 4.90. The van der Waals surface area contributed by atoms with Gasteiger partial charge in [-0.2, -0.15) is 0 Å². The van der Waals surface area contributed by atoms with Gasteiger partial charge in [0.25, 0.3) is 0 Å². The molecule has 1 aliphatic carbocycles. The molecule has 0 aromatic carbocycles. The van der Waals surface area contributed by atoms with Crippen LogP contribution < -0.4 is 27.8 Å². The molecule has 1 aliphatic rings. The van der Waals surface area contributed by atoms with E-state index >= 15 is 0 Å². The highest BCUT2D eigenvalue weighted by molar-refractivity contribution is 5.92. The van der Waals surface area contributed by atoms with Crippen molar-refractivity contribution in [1.29, 1.82) is 0 Å². The molecular formula is C20H33N5O5. The Balaban J connectivity index is 2.85. The van der Waals surface area contributed by atoms with Crippen molar-refractivity contribution in [3.63, 3.8) is 0 Å². The van der Waals surface area contributed by atoms with Crippen LogP contribution in [0.2, 0.25) is 0 Å². The van der Waals surface area contributed by atoms with E-state index in [1.54, 1.807) is 13.8 Å². The number of carboxylic acids is 1. The Labute approximate surface area is 176 Å². The van der Waals surface area contributed by atoms with Crippen LogP contribution in [0.15, 0.2) is 24.3 Å². The minimum Gasteiger partial charge on any atom is -0.480 e. The maximum absolute atomic E-state index is 12.8. The van der Waals surface area contributed by atoms with Gasteiger partial charge in [-0.25, -0.2) is 4.79 Å². The van der Waals surface area contributed by atoms with E-state index in [4.69, 9.17) is 17.2 Å². The number of hydrogen-bond donors (Lipinski definition) is 6. The maximum atomic E-state index is 12.8. The van der Waals surface area contributed by atoms with E-state index in [1.165, 1.54) is 0 Å². The van der Waals surface area contributed by atoms with Crippen molar-refractivity contribution in [1.82, 2.24) is 10.6 Å². The average Bonchev–Trinajstić information content (AvgIpc) is 2.67. The third-order valence-electron chi connectivity index (χ3n) is 4.90. The van der Waals surface area contributed by atoms with E-state index in [0.717, 1.165) is 0 Å². The summed E-state index contributed by atoms with van der Waals surface area (Å²) in [5.74, 6) is -3.21. The number of carbonyl (C=O) groups is 4. The van der Waals surface area contributed by atoms with E-state index in [-0.39, 0.29) is 37.1 Å². The van der Waals surface area contributed by atoms with Gasteiger partial charge in [0, 0.05) is 12.5 Å². The van der Waals surface area contributed by atoms with Crippen LogP contribution in [0.5, 0.6) is 0 Å². The minimum absolute atomic E-state index is 0.0425. The van der Waals surface area contributed by atoms with Gasteiger partial charge in [0.05, 0.1) is 6.04 Å². The standard InChI is InChI=1S/C20H33N5O5/c1-11(2)17(23)19(28)24-14(8-5-12-3-6-13(21)7-4-12)18(27)25-15(20(29)30)9-10-16(22)26/h3-4,6-7,11-15,17H,5,8-10,21,23H2,1-2H3,(H2,22,26)(H,24,28)(H,25,27)(H,29,30). The molecule has 0 radical (unpaired) electrons. The van der Waals surface area contributed by atoms with Crippen LogP contribution >= 0.6 is 0 Å². The van der Waals surface area contributed by atoms with Gasteiger partial charge in [0.15, 0.2) is 0 Å². The number of nitrogens with two attached hydrogens (primary N) is 3. The van der Waals surface area contributed by atoms with Gasteiger partial charge < -0.3 is 32.9 Å². The van der Waals surface area contributed by atoms with Gasteiger partial charge in [-0.1, -0.05) is 38.2 Å². The Hall–Kier alpha value is -2.72. The molecule has 0 saturated heterocycles. The summed E-state index contributed by atoms with van der Waals surface area (Å²) in [4.78, 5) is 47.5. The quantitative estimate of drug-likeness (QED) is 0.220. The molecule has 0 aromatic rings. The van der Waals surface area contributed by atoms with E-state index < -0.39 is 41.8 Å². The van der Waals surface area contributed by atoms with Gasteiger partial charge in [-0.05, 0) is 31.1 Å². The molecule has 3 unspecified atom stereocenters. The van der Waals surface area contributed by atoms with Crippen molar-refractivity contribution in [2.24, 2.45) is 29.0 Å². The molecule has 3 amide bonds. The zero-order chi connectivity index (χ0) is 22.8. The van der Waals surface area contributed by atoms with Crippen LogP contribution in [0.1, 0.15) is 39.5 Å². The van der Waals surface area contributed by atoms with Gasteiger partial charge >= 0.3 is 5.97 Å². The molecule has 10 nitrogen and oxygen atoms in total. The van der Waals surface area contributed by atoms with Crippen molar-refractivity contribution >= 4 is 23.7 Å². The first-order valence-electron chi connectivity index (χ1n) is 10.0. The number of aliphatic carboxylic acids is 1. The Morgan fingerprint density at radius 1 is 0.967 bits per heavy atom. The summed E-state index contributed by atoms with van der Waals surface area (Å²) in [6.07, 6.45) is 8.00. The van der Waals surface area contributed by atoms with E-state index in [2.05, 4.69) is 10.6 Å². The summed E-state index contributed by atoms with van der Waals surface area (Å²) in [5.41, 5.74) is 16.7. The van der Waals surface area contributed by atoms with E-state index in [0.29, 0.717) is 6.42 Å². The summed E-state index contributed by atoms with van der Waals surface area (Å²) in [6, 6.07) is -3.23. The summed E-state index contributed by atoms with van der Waals surface area (Å²) in [6.45, 7) is 3.56. The summed E-state index contributed by atoms with van der Waals surface area (Å²) >= 11 is 0. The second-order valence-electron chi connectivity index (χ2n) is 7.82. The minimum atomic E-state index is -1.30. The highest BCUT2D eigenvalue weighted by Gasteiger charge is 2.29. The lowest BCUT2D eigenvalue weighted by atomic mass is 9.93. The number of nitrogens with one attached hydrogen (secondary N) is 2. The number of amides is 3. The maximum Gasteiger partial charge on any atom is 0.326 e. The second-order valence-corrected chi connectivity index (χ2v) is 7.82. The molecule has 0 saturated carbocycles. The fourth-order valence-corrected chi connectivity index (χ4v) is 2.88. The number of carbonyl (C=O) groups excluding carboxylic acids is 3. The molecule has 1 rings (SSSR count). The lowest BCUT2D eigenvalue weighted by molar-refractivity contribution is -0.142. The predicted octanol–water partition coefficient (Wildman–Crippen LogP) is -0.861.